The lowest BCUT2D eigenvalue weighted by Gasteiger charge is -1.94. The van der Waals surface area contributed by atoms with Gasteiger partial charge in [0.1, 0.15) is 0 Å². The minimum atomic E-state index is -3.50. The van der Waals surface area contributed by atoms with Gasteiger partial charge < -0.3 is 9.92 Å². The summed E-state index contributed by atoms with van der Waals surface area (Å²) < 4.78 is 25.3. The molecular weight excluding hydrogens is 144 g/mol. The molecule has 9 heavy (non-hydrogen) atoms. The van der Waals surface area contributed by atoms with Crippen molar-refractivity contribution in [3.8, 4) is 0 Å². The molecule has 0 aliphatic carbocycles. The van der Waals surface area contributed by atoms with Gasteiger partial charge in [0.15, 0.2) is 5.37 Å². The lowest BCUT2D eigenvalue weighted by atomic mass is 10.8. The maximum atomic E-state index is 10.6. The maximum Gasteiger partial charge on any atom is 0.335 e. The van der Waals surface area contributed by atoms with Crippen LogP contribution in [0.5, 0.6) is 0 Å². The minimum absolute atomic E-state index is 0.275. The number of aliphatic imine (C=N–C) groups is 1. The number of hydrogen-bond donors (Lipinski definition) is 1. The van der Waals surface area contributed by atoms with Gasteiger partial charge in [0.2, 0.25) is 0 Å². The van der Waals surface area contributed by atoms with Crippen molar-refractivity contribution in [2.45, 2.75) is 12.3 Å². The SMILES string of the molecule is CC1N=C(N)OS1(=O)=O. The Bertz CT molecular complexity index is 242. The summed E-state index contributed by atoms with van der Waals surface area (Å²) >= 11 is 0. The number of amidine groups is 1. The number of nitrogens with zero attached hydrogens (tertiary/aromatic N) is 1. The van der Waals surface area contributed by atoms with Crippen molar-refractivity contribution < 1.29 is 12.6 Å². The first-order chi connectivity index (χ1) is 4.02. The Balaban J connectivity index is 2.98. The van der Waals surface area contributed by atoms with Crippen molar-refractivity contribution in [3.63, 3.8) is 0 Å². The van der Waals surface area contributed by atoms with E-state index in [-0.39, 0.29) is 6.02 Å². The van der Waals surface area contributed by atoms with E-state index in [1.54, 1.807) is 0 Å². The highest BCUT2D eigenvalue weighted by Gasteiger charge is 2.29. The van der Waals surface area contributed by atoms with E-state index in [2.05, 4.69) is 9.18 Å². The van der Waals surface area contributed by atoms with Crippen LogP contribution < -0.4 is 5.73 Å². The summed E-state index contributed by atoms with van der Waals surface area (Å²) in [5.74, 6) is 0. The molecule has 2 N–H and O–H groups in total. The Morgan fingerprint density at radius 2 is 2.33 bits per heavy atom. The molecule has 5 nitrogen and oxygen atoms in total. The molecule has 0 spiro atoms. The Morgan fingerprint density at radius 3 is 2.44 bits per heavy atom. The second kappa shape index (κ2) is 1.60. The highest BCUT2D eigenvalue weighted by molar-refractivity contribution is 7.88. The van der Waals surface area contributed by atoms with Crippen LogP contribution in [0.4, 0.5) is 0 Å². The molecule has 1 rings (SSSR count). The van der Waals surface area contributed by atoms with Crippen LogP contribution in [0, 0.1) is 0 Å². The van der Waals surface area contributed by atoms with Crippen LogP contribution in [0.1, 0.15) is 6.92 Å². The summed E-state index contributed by atoms with van der Waals surface area (Å²) in [5, 5.41) is -0.850. The van der Waals surface area contributed by atoms with Crippen molar-refractivity contribution in [3.05, 3.63) is 0 Å². The van der Waals surface area contributed by atoms with Crippen LogP contribution in [0.2, 0.25) is 0 Å². The Hall–Kier alpha value is -0.780. The lowest BCUT2D eigenvalue weighted by molar-refractivity contribution is 0.487. The third-order valence-corrected chi connectivity index (χ3v) is 2.27. The molecule has 0 amide bonds. The number of hydrogen-bond acceptors (Lipinski definition) is 5. The van der Waals surface area contributed by atoms with Crippen molar-refractivity contribution in [2.75, 3.05) is 0 Å². The van der Waals surface area contributed by atoms with E-state index in [0.717, 1.165) is 0 Å². The highest BCUT2D eigenvalue weighted by atomic mass is 32.2. The summed E-state index contributed by atoms with van der Waals surface area (Å²) in [7, 11) is -3.50. The van der Waals surface area contributed by atoms with Gasteiger partial charge in [0.05, 0.1) is 0 Å². The summed E-state index contributed by atoms with van der Waals surface area (Å²) in [6, 6.07) is -0.275. The average molecular weight is 150 g/mol. The van der Waals surface area contributed by atoms with Crippen molar-refractivity contribution in [2.24, 2.45) is 10.7 Å². The van der Waals surface area contributed by atoms with E-state index in [0.29, 0.717) is 0 Å². The number of rotatable bonds is 0. The second-order valence-electron chi connectivity index (χ2n) is 1.64. The minimum Gasteiger partial charge on any atom is -0.353 e. The summed E-state index contributed by atoms with van der Waals surface area (Å²) in [4.78, 5) is 3.43. The summed E-state index contributed by atoms with van der Waals surface area (Å²) in [6.45, 7) is 1.40. The molecule has 0 fully saturated rings. The van der Waals surface area contributed by atoms with E-state index < -0.39 is 15.5 Å². The molecule has 0 aromatic rings. The molecule has 52 valence electrons. The van der Waals surface area contributed by atoms with E-state index in [1.807, 2.05) is 0 Å². The maximum absolute atomic E-state index is 10.6. The molecule has 0 saturated heterocycles. The molecular formula is C3H6N2O3S. The topological polar surface area (TPSA) is 81.8 Å². The van der Waals surface area contributed by atoms with E-state index >= 15 is 0 Å². The summed E-state index contributed by atoms with van der Waals surface area (Å²) in [6.07, 6.45) is 0. The van der Waals surface area contributed by atoms with Gasteiger partial charge in [-0.2, -0.15) is 8.42 Å². The van der Waals surface area contributed by atoms with Gasteiger partial charge in [-0.25, -0.2) is 4.99 Å². The van der Waals surface area contributed by atoms with Crippen molar-refractivity contribution >= 4 is 16.1 Å². The molecule has 0 bridgehead atoms. The Kier molecular flexibility index (Phi) is 1.13. The molecule has 1 aliphatic heterocycles. The first-order valence-corrected chi connectivity index (χ1v) is 3.76. The normalized spacial score (nSPS) is 31.2. The molecule has 0 aromatic carbocycles. The largest absolute Gasteiger partial charge is 0.353 e. The molecule has 1 atom stereocenters. The van der Waals surface area contributed by atoms with Crippen molar-refractivity contribution in [1.82, 2.24) is 0 Å². The van der Waals surface area contributed by atoms with Gasteiger partial charge in [-0.05, 0) is 6.92 Å². The molecule has 6 heteroatoms. The van der Waals surface area contributed by atoms with E-state index in [1.165, 1.54) is 6.92 Å². The van der Waals surface area contributed by atoms with Crippen LogP contribution in [0.15, 0.2) is 4.99 Å². The van der Waals surface area contributed by atoms with E-state index in [4.69, 9.17) is 5.73 Å². The van der Waals surface area contributed by atoms with Crippen LogP contribution >= 0.6 is 0 Å². The van der Waals surface area contributed by atoms with Gasteiger partial charge in [-0.15, -0.1) is 0 Å². The lowest BCUT2D eigenvalue weighted by Crippen LogP contribution is -2.15. The fraction of sp³-hybridized carbons (Fsp3) is 0.667. The van der Waals surface area contributed by atoms with Gasteiger partial charge in [-0.3, -0.25) is 0 Å². The second-order valence-corrected chi connectivity index (χ2v) is 3.48. The van der Waals surface area contributed by atoms with Crippen LogP contribution in [0.3, 0.4) is 0 Å². The first-order valence-electron chi connectivity index (χ1n) is 2.29. The zero-order valence-electron chi connectivity index (χ0n) is 4.73. The first kappa shape index (κ1) is 6.34. The fourth-order valence-corrected chi connectivity index (χ4v) is 1.11. The third-order valence-electron chi connectivity index (χ3n) is 0.928. The third kappa shape index (κ3) is 0.973. The number of nitrogens with two attached hydrogens (primary N) is 1. The molecule has 1 unspecified atom stereocenters. The van der Waals surface area contributed by atoms with Gasteiger partial charge in [-0.1, -0.05) is 0 Å². The van der Waals surface area contributed by atoms with Crippen LogP contribution in [0.25, 0.3) is 0 Å². The zero-order chi connectivity index (χ0) is 7.07. The van der Waals surface area contributed by atoms with Gasteiger partial charge >= 0.3 is 16.1 Å². The molecule has 0 radical (unpaired) electrons. The van der Waals surface area contributed by atoms with Gasteiger partial charge in [0.25, 0.3) is 0 Å². The fourth-order valence-electron chi connectivity index (χ4n) is 0.454. The molecule has 1 heterocycles. The predicted molar refractivity (Wildman–Crippen MR) is 31.1 cm³/mol. The summed E-state index contributed by atoms with van der Waals surface area (Å²) in [5.41, 5.74) is 4.95. The predicted octanol–water partition coefficient (Wildman–Crippen LogP) is -0.993. The molecule has 0 saturated carbocycles. The quantitative estimate of drug-likeness (QED) is 0.449. The van der Waals surface area contributed by atoms with Crippen molar-refractivity contribution in [1.29, 1.82) is 0 Å². The monoisotopic (exact) mass is 150 g/mol. The molecule has 1 aliphatic rings. The Labute approximate surface area is 52.6 Å². The zero-order valence-corrected chi connectivity index (χ0v) is 5.55. The average Bonchev–Trinajstić information content (AvgIpc) is 1.79. The van der Waals surface area contributed by atoms with Crippen LogP contribution in [-0.4, -0.2) is 19.8 Å². The van der Waals surface area contributed by atoms with Crippen LogP contribution in [-0.2, 0) is 14.3 Å². The molecule has 0 aromatic heterocycles. The Morgan fingerprint density at radius 1 is 1.78 bits per heavy atom. The standard InChI is InChI=1S/C3H6N2O3S/c1-2-5-3(4)8-9(2,6)7/h2H,1H3,(H2,4,5). The van der Waals surface area contributed by atoms with E-state index in [9.17, 15) is 8.42 Å². The smallest absolute Gasteiger partial charge is 0.335 e. The van der Waals surface area contributed by atoms with Gasteiger partial charge in [0, 0.05) is 0 Å². The highest BCUT2D eigenvalue weighted by Crippen LogP contribution is 2.11.